The number of amides is 1. The number of fused-ring (bicyclic) bond motifs is 2. The lowest BCUT2D eigenvalue weighted by Gasteiger charge is -2.16. The van der Waals surface area contributed by atoms with Gasteiger partial charge in [0.15, 0.2) is 0 Å². The van der Waals surface area contributed by atoms with Crippen molar-refractivity contribution in [2.24, 2.45) is 5.41 Å². The molecule has 3 N–H and O–H groups in total. The summed E-state index contributed by atoms with van der Waals surface area (Å²) < 4.78 is 1.68. The highest BCUT2D eigenvalue weighted by molar-refractivity contribution is 6.31. The summed E-state index contributed by atoms with van der Waals surface area (Å²) in [5, 5.41) is 9.22. The molecule has 0 atom stereocenters. The van der Waals surface area contributed by atoms with Crippen LogP contribution < -0.4 is 11.1 Å². The molecule has 1 aliphatic rings. The summed E-state index contributed by atoms with van der Waals surface area (Å²) in [5.41, 5.74) is 8.05. The van der Waals surface area contributed by atoms with Crippen LogP contribution in [-0.2, 0) is 16.6 Å². The van der Waals surface area contributed by atoms with Crippen LogP contribution in [0, 0.1) is 5.41 Å². The largest absolute Gasteiger partial charge is 0.383 e. The Balaban J connectivity index is 1.86. The zero-order valence-electron chi connectivity index (χ0n) is 17.3. The fourth-order valence-electron chi connectivity index (χ4n) is 3.63. The van der Waals surface area contributed by atoms with Crippen molar-refractivity contribution in [1.82, 2.24) is 19.7 Å². The minimum atomic E-state index is -0.768. The first-order valence-corrected chi connectivity index (χ1v) is 10.0. The number of nitrogen functional groups attached to an aromatic ring is 1. The summed E-state index contributed by atoms with van der Waals surface area (Å²) in [6, 6.07) is 5.64. The summed E-state index contributed by atoms with van der Waals surface area (Å²) in [7, 11) is 0. The van der Waals surface area contributed by atoms with Gasteiger partial charge in [0, 0.05) is 10.4 Å². The first-order valence-electron chi connectivity index (χ1n) is 9.64. The molecule has 0 radical (unpaired) electrons. The Labute approximate surface area is 174 Å². The van der Waals surface area contributed by atoms with E-state index in [1.165, 1.54) is 0 Å². The molecule has 29 heavy (non-hydrogen) atoms. The fraction of sp³-hybridized carbons (Fsp3) is 0.429. The molecule has 3 heterocycles. The van der Waals surface area contributed by atoms with Crippen molar-refractivity contribution in [2.75, 3.05) is 11.1 Å². The standard InChI is InChI=1S/C21H25ClN6O/c1-20(2,3)9-8-13-12-10-11(22)6-7-14(12)28(27-13)19-24-16(23)15-17(26-19)25-18(29)21(15,4)5/h6-7,10H,8-9H2,1-5H3,(H3,23,24,25,26,29). The summed E-state index contributed by atoms with van der Waals surface area (Å²) in [4.78, 5) is 21.4. The summed E-state index contributed by atoms with van der Waals surface area (Å²) >= 11 is 6.25. The van der Waals surface area contributed by atoms with Gasteiger partial charge >= 0.3 is 0 Å². The lowest BCUT2D eigenvalue weighted by atomic mass is 9.87. The monoisotopic (exact) mass is 412 g/mol. The van der Waals surface area contributed by atoms with Gasteiger partial charge in [-0.1, -0.05) is 32.4 Å². The van der Waals surface area contributed by atoms with E-state index in [9.17, 15) is 4.79 Å². The van der Waals surface area contributed by atoms with Crippen LogP contribution in [0.3, 0.4) is 0 Å². The molecule has 0 fully saturated rings. The van der Waals surface area contributed by atoms with E-state index >= 15 is 0 Å². The van der Waals surface area contributed by atoms with Crippen molar-refractivity contribution >= 4 is 40.0 Å². The third-order valence-corrected chi connectivity index (χ3v) is 5.60. The van der Waals surface area contributed by atoms with Gasteiger partial charge in [0.05, 0.1) is 22.2 Å². The molecule has 3 aromatic rings. The molecular weight excluding hydrogens is 388 g/mol. The number of nitrogens with one attached hydrogen (secondary N) is 1. The van der Waals surface area contributed by atoms with Crippen LogP contribution in [0.15, 0.2) is 18.2 Å². The third-order valence-electron chi connectivity index (χ3n) is 5.37. The van der Waals surface area contributed by atoms with Gasteiger partial charge in [-0.3, -0.25) is 4.79 Å². The van der Waals surface area contributed by atoms with Crippen molar-refractivity contribution in [3.05, 3.63) is 34.5 Å². The zero-order valence-corrected chi connectivity index (χ0v) is 18.1. The summed E-state index contributed by atoms with van der Waals surface area (Å²) in [6.07, 6.45) is 1.78. The summed E-state index contributed by atoms with van der Waals surface area (Å²) in [6.45, 7) is 10.2. The number of halogens is 1. The predicted molar refractivity (Wildman–Crippen MR) is 116 cm³/mol. The maximum Gasteiger partial charge on any atom is 0.255 e. The highest BCUT2D eigenvalue weighted by atomic mass is 35.5. The molecule has 0 unspecified atom stereocenters. The number of hydrogen-bond donors (Lipinski definition) is 2. The molecule has 0 saturated carbocycles. The first-order chi connectivity index (χ1) is 13.5. The molecule has 1 aliphatic heterocycles. The number of carbonyl (C=O) groups excluding carboxylic acids is 1. The van der Waals surface area contributed by atoms with Crippen LogP contribution >= 0.6 is 11.6 Å². The van der Waals surface area contributed by atoms with Crippen LogP contribution in [0.5, 0.6) is 0 Å². The number of benzene rings is 1. The maximum atomic E-state index is 12.3. The normalized spacial score (nSPS) is 15.6. The molecule has 1 aromatic carbocycles. The smallest absolute Gasteiger partial charge is 0.255 e. The molecule has 8 heteroatoms. The van der Waals surface area contributed by atoms with Gasteiger partial charge in [0.2, 0.25) is 5.91 Å². The number of hydrogen-bond acceptors (Lipinski definition) is 5. The molecule has 0 saturated heterocycles. The van der Waals surface area contributed by atoms with E-state index in [0.29, 0.717) is 22.4 Å². The topological polar surface area (TPSA) is 98.7 Å². The maximum absolute atomic E-state index is 12.3. The highest BCUT2D eigenvalue weighted by Gasteiger charge is 2.42. The van der Waals surface area contributed by atoms with Gasteiger partial charge in [-0.15, -0.1) is 0 Å². The Kier molecular flexibility index (Phi) is 4.35. The number of anilines is 2. The van der Waals surface area contributed by atoms with E-state index < -0.39 is 5.41 Å². The molecule has 7 nitrogen and oxygen atoms in total. The third kappa shape index (κ3) is 3.33. The van der Waals surface area contributed by atoms with Gasteiger partial charge in [0.25, 0.3) is 5.95 Å². The van der Waals surface area contributed by atoms with Crippen LogP contribution in [0.2, 0.25) is 5.02 Å². The van der Waals surface area contributed by atoms with E-state index in [4.69, 9.17) is 22.4 Å². The van der Waals surface area contributed by atoms with Crippen LogP contribution in [0.25, 0.3) is 16.9 Å². The van der Waals surface area contributed by atoms with E-state index in [-0.39, 0.29) is 17.1 Å². The number of aromatic nitrogens is 4. The molecule has 152 valence electrons. The Morgan fingerprint density at radius 3 is 2.66 bits per heavy atom. The average molecular weight is 413 g/mol. The average Bonchev–Trinajstić information content (AvgIpc) is 3.07. The number of nitrogens with two attached hydrogens (primary N) is 1. The second-order valence-corrected chi connectivity index (χ2v) is 9.73. The van der Waals surface area contributed by atoms with Crippen molar-refractivity contribution in [3.8, 4) is 5.95 Å². The molecular formula is C21H25ClN6O. The zero-order chi connectivity index (χ0) is 21.1. The molecule has 0 spiro atoms. The molecule has 4 rings (SSSR count). The number of carbonyl (C=O) groups is 1. The van der Waals surface area contributed by atoms with Gasteiger partial charge in [-0.05, 0) is 50.3 Å². The number of nitrogens with zero attached hydrogens (tertiary/aromatic N) is 4. The molecule has 0 bridgehead atoms. The van der Waals surface area contributed by atoms with Crippen molar-refractivity contribution in [3.63, 3.8) is 0 Å². The minimum absolute atomic E-state index is 0.145. The van der Waals surface area contributed by atoms with Crippen LogP contribution in [-0.4, -0.2) is 25.7 Å². The predicted octanol–water partition coefficient (Wildman–Crippen LogP) is 4.26. The highest BCUT2D eigenvalue weighted by Crippen LogP contribution is 2.39. The van der Waals surface area contributed by atoms with Gasteiger partial charge in [-0.25, -0.2) is 0 Å². The Bertz CT molecular complexity index is 1140. The van der Waals surface area contributed by atoms with Crippen LogP contribution in [0.4, 0.5) is 11.6 Å². The van der Waals surface area contributed by atoms with Crippen molar-refractivity contribution < 1.29 is 4.79 Å². The van der Waals surface area contributed by atoms with E-state index in [0.717, 1.165) is 29.4 Å². The van der Waals surface area contributed by atoms with Gasteiger partial charge in [0.1, 0.15) is 11.6 Å². The Hall–Kier alpha value is -2.67. The van der Waals surface area contributed by atoms with E-state index in [1.54, 1.807) is 4.68 Å². The van der Waals surface area contributed by atoms with Gasteiger partial charge in [-0.2, -0.15) is 19.7 Å². The molecule has 2 aromatic heterocycles. The van der Waals surface area contributed by atoms with Crippen molar-refractivity contribution in [2.45, 2.75) is 52.9 Å². The summed E-state index contributed by atoms with van der Waals surface area (Å²) in [5.74, 6) is 0.903. The molecule has 1 amide bonds. The Morgan fingerprint density at radius 1 is 1.24 bits per heavy atom. The van der Waals surface area contributed by atoms with E-state index in [2.05, 4.69) is 36.1 Å². The lowest BCUT2D eigenvalue weighted by Crippen LogP contribution is -2.27. The fourth-order valence-corrected chi connectivity index (χ4v) is 3.80. The number of aryl methyl sites for hydroxylation is 1. The number of rotatable bonds is 3. The molecule has 0 aliphatic carbocycles. The van der Waals surface area contributed by atoms with Crippen LogP contribution in [0.1, 0.15) is 52.3 Å². The second kappa shape index (κ2) is 6.42. The first kappa shape index (κ1) is 19.6. The Morgan fingerprint density at radius 2 is 1.97 bits per heavy atom. The van der Waals surface area contributed by atoms with E-state index in [1.807, 2.05) is 32.0 Å². The van der Waals surface area contributed by atoms with Gasteiger partial charge < -0.3 is 11.1 Å². The second-order valence-electron chi connectivity index (χ2n) is 9.29. The van der Waals surface area contributed by atoms with Crippen molar-refractivity contribution in [1.29, 1.82) is 0 Å². The minimum Gasteiger partial charge on any atom is -0.383 e. The lowest BCUT2D eigenvalue weighted by molar-refractivity contribution is -0.119. The quantitative estimate of drug-likeness (QED) is 0.669. The SMILES string of the molecule is CC(C)(C)CCc1nn(-c2nc(N)c3c(n2)NC(=O)C3(C)C)c2ccc(Cl)cc12.